The van der Waals surface area contributed by atoms with E-state index in [4.69, 9.17) is 5.11 Å². The molecule has 1 aromatic rings. The molecule has 0 fully saturated rings. The molecule has 0 aliphatic carbocycles. The van der Waals surface area contributed by atoms with E-state index in [2.05, 4.69) is 9.71 Å². The smallest absolute Gasteiger partial charge is 0.308 e. The number of hydrogen-bond donors (Lipinski definition) is 2. The molecule has 0 bridgehead atoms. The van der Waals surface area contributed by atoms with Crippen LogP contribution in [0.15, 0.2) is 11.2 Å². The highest BCUT2D eigenvalue weighted by molar-refractivity contribution is 7.89. The Balaban J connectivity index is 2.52. The second kappa shape index (κ2) is 7.55. The number of carbonyl (C=O) groups is 2. The number of carbonyl (C=O) groups excluding carboxylic acids is 1. The van der Waals surface area contributed by atoms with E-state index in [9.17, 15) is 18.0 Å². The van der Waals surface area contributed by atoms with Crippen molar-refractivity contribution >= 4 is 21.9 Å². The van der Waals surface area contributed by atoms with E-state index >= 15 is 0 Å². The van der Waals surface area contributed by atoms with Crippen molar-refractivity contribution in [3.63, 3.8) is 0 Å². The summed E-state index contributed by atoms with van der Waals surface area (Å²) in [5.74, 6) is -1.45. The maximum atomic E-state index is 12.0. The maximum Gasteiger partial charge on any atom is 0.308 e. The summed E-state index contributed by atoms with van der Waals surface area (Å²) in [6.07, 6.45) is 1.33. The number of carboxylic acids is 1. The summed E-state index contributed by atoms with van der Waals surface area (Å²) in [4.78, 5) is 27.8. The van der Waals surface area contributed by atoms with Crippen molar-refractivity contribution in [3.8, 4) is 0 Å². The summed E-state index contributed by atoms with van der Waals surface area (Å²) < 4.78 is 27.9. The van der Waals surface area contributed by atoms with Gasteiger partial charge in [-0.05, 0) is 6.92 Å². The van der Waals surface area contributed by atoms with Crippen LogP contribution >= 0.6 is 0 Å². The maximum absolute atomic E-state index is 12.0. The van der Waals surface area contributed by atoms with Gasteiger partial charge in [-0.25, -0.2) is 18.1 Å². The first-order chi connectivity index (χ1) is 10.5. The minimum Gasteiger partial charge on any atom is -0.481 e. The minimum absolute atomic E-state index is 0.0616. The fourth-order valence-electron chi connectivity index (χ4n) is 1.80. The Bertz CT molecular complexity index is 663. The molecule has 10 heteroatoms. The van der Waals surface area contributed by atoms with E-state index in [1.54, 1.807) is 18.5 Å². The Kier molecular flexibility index (Phi) is 6.28. The molecule has 0 radical (unpaired) electrons. The van der Waals surface area contributed by atoms with Crippen LogP contribution in [-0.2, 0) is 26.7 Å². The lowest BCUT2D eigenvalue weighted by Gasteiger charge is -2.19. The number of nitrogens with one attached hydrogen (secondary N) is 1. The summed E-state index contributed by atoms with van der Waals surface area (Å²) in [5, 5.41) is 8.71. The number of rotatable bonds is 8. The number of imidazole rings is 1. The normalized spacial score (nSPS) is 12.9. The number of carboxylic acid groups (broad SMARTS) is 1. The van der Waals surface area contributed by atoms with E-state index in [1.807, 2.05) is 0 Å². The largest absolute Gasteiger partial charge is 0.481 e. The Labute approximate surface area is 135 Å². The van der Waals surface area contributed by atoms with Crippen molar-refractivity contribution in [2.45, 2.75) is 25.3 Å². The molecule has 0 aromatic carbocycles. The van der Waals surface area contributed by atoms with Gasteiger partial charge in [-0.1, -0.05) is 6.92 Å². The lowest BCUT2D eigenvalue weighted by atomic mass is 10.2. The van der Waals surface area contributed by atoms with Gasteiger partial charge in [0.05, 0.1) is 5.92 Å². The summed E-state index contributed by atoms with van der Waals surface area (Å²) in [7, 11) is -0.598. The highest BCUT2D eigenvalue weighted by Crippen LogP contribution is 2.07. The van der Waals surface area contributed by atoms with Crippen LogP contribution in [0, 0.1) is 12.8 Å². The third-order valence-electron chi connectivity index (χ3n) is 3.39. The second-order valence-corrected chi connectivity index (χ2v) is 7.11. The lowest BCUT2D eigenvalue weighted by Crippen LogP contribution is -2.36. The number of aromatic nitrogens is 2. The van der Waals surface area contributed by atoms with E-state index in [0.717, 1.165) is 0 Å². The van der Waals surface area contributed by atoms with Gasteiger partial charge in [0, 0.05) is 39.8 Å². The Morgan fingerprint density at radius 2 is 2.09 bits per heavy atom. The first-order valence-corrected chi connectivity index (χ1v) is 8.49. The number of hydrogen-bond acceptors (Lipinski definition) is 5. The first kappa shape index (κ1) is 19.1. The Morgan fingerprint density at radius 3 is 2.57 bits per heavy atom. The van der Waals surface area contributed by atoms with E-state index < -0.39 is 21.9 Å². The highest BCUT2D eigenvalue weighted by Gasteiger charge is 2.20. The molecule has 0 aliphatic rings. The SMILES string of the molecule is Cc1nc(S(=O)(=O)NCCC(=O)N(C)CC(C)C(=O)O)cn1C. The molecule has 2 N–H and O–H groups in total. The van der Waals surface area contributed by atoms with Crippen LogP contribution in [-0.4, -0.2) is 60.0 Å². The van der Waals surface area contributed by atoms with E-state index in [0.29, 0.717) is 5.82 Å². The Morgan fingerprint density at radius 1 is 1.48 bits per heavy atom. The standard InChI is InChI=1S/C13H22N4O5S/c1-9(13(19)20)7-17(4)12(18)5-6-14-23(21,22)11-8-16(3)10(2)15-11/h8-9,14H,5-7H2,1-4H3,(H,19,20). The fraction of sp³-hybridized carbons (Fsp3) is 0.615. The number of aliphatic carboxylic acids is 1. The van der Waals surface area contributed by atoms with Crippen LogP contribution in [0.4, 0.5) is 0 Å². The molecule has 1 amide bonds. The minimum atomic E-state index is -3.77. The zero-order valence-electron chi connectivity index (χ0n) is 13.6. The molecule has 1 unspecified atom stereocenters. The molecular formula is C13H22N4O5S. The van der Waals surface area contributed by atoms with Gasteiger partial charge in [0.2, 0.25) is 5.91 Å². The van der Waals surface area contributed by atoms with Crippen molar-refractivity contribution in [3.05, 3.63) is 12.0 Å². The third-order valence-corrected chi connectivity index (χ3v) is 4.72. The molecule has 1 aromatic heterocycles. The highest BCUT2D eigenvalue weighted by atomic mass is 32.2. The molecule has 23 heavy (non-hydrogen) atoms. The Hall–Kier alpha value is -1.94. The quantitative estimate of drug-likeness (QED) is 0.659. The van der Waals surface area contributed by atoms with Gasteiger partial charge in [0.25, 0.3) is 10.0 Å². The van der Waals surface area contributed by atoms with Crippen LogP contribution in [0.1, 0.15) is 19.2 Å². The molecular weight excluding hydrogens is 324 g/mol. The van der Waals surface area contributed by atoms with Crippen LogP contribution in [0.3, 0.4) is 0 Å². The van der Waals surface area contributed by atoms with E-state index in [1.165, 1.54) is 25.1 Å². The average Bonchev–Trinajstić information content (AvgIpc) is 2.79. The van der Waals surface area contributed by atoms with Crippen LogP contribution in [0.2, 0.25) is 0 Å². The van der Waals surface area contributed by atoms with Gasteiger partial charge in [-0.3, -0.25) is 9.59 Å². The number of sulfonamides is 1. The predicted molar refractivity (Wildman–Crippen MR) is 82.2 cm³/mol. The molecule has 9 nitrogen and oxygen atoms in total. The molecule has 1 atom stereocenters. The van der Waals surface area contributed by atoms with Gasteiger partial charge in [-0.15, -0.1) is 0 Å². The average molecular weight is 346 g/mol. The van der Waals surface area contributed by atoms with Crippen molar-refractivity contribution in [1.29, 1.82) is 0 Å². The van der Waals surface area contributed by atoms with Gasteiger partial charge in [-0.2, -0.15) is 0 Å². The topological polar surface area (TPSA) is 122 Å². The van der Waals surface area contributed by atoms with Gasteiger partial charge >= 0.3 is 5.97 Å². The summed E-state index contributed by atoms with van der Waals surface area (Å²) in [6, 6.07) is 0. The second-order valence-electron chi connectivity index (χ2n) is 5.40. The molecule has 1 rings (SSSR count). The molecule has 0 spiro atoms. The molecule has 130 valence electrons. The zero-order chi connectivity index (χ0) is 17.8. The summed E-state index contributed by atoms with van der Waals surface area (Å²) >= 11 is 0. The van der Waals surface area contributed by atoms with Crippen LogP contribution in [0.5, 0.6) is 0 Å². The van der Waals surface area contributed by atoms with Crippen LogP contribution in [0.25, 0.3) is 0 Å². The molecule has 1 heterocycles. The van der Waals surface area contributed by atoms with Gasteiger partial charge in [0.1, 0.15) is 5.82 Å². The summed E-state index contributed by atoms with van der Waals surface area (Å²) in [6.45, 7) is 3.17. The van der Waals surface area contributed by atoms with Crippen molar-refractivity contribution < 1.29 is 23.1 Å². The number of aryl methyl sites for hydroxylation is 2. The number of nitrogens with zero attached hydrogens (tertiary/aromatic N) is 3. The fourth-order valence-corrected chi connectivity index (χ4v) is 2.87. The van der Waals surface area contributed by atoms with Crippen molar-refractivity contribution in [1.82, 2.24) is 19.2 Å². The summed E-state index contributed by atoms with van der Waals surface area (Å²) in [5.41, 5.74) is 0. The predicted octanol–water partition coefficient (Wildman–Crippen LogP) is -0.424. The van der Waals surface area contributed by atoms with Gasteiger partial charge < -0.3 is 14.6 Å². The van der Waals surface area contributed by atoms with Crippen molar-refractivity contribution in [2.75, 3.05) is 20.1 Å². The van der Waals surface area contributed by atoms with Gasteiger partial charge in [0.15, 0.2) is 5.03 Å². The number of amides is 1. The molecule has 0 aliphatic heterocycles. The lowest BCUT2D eigenvalue weighted by molar-refractivity contribution is -0.142. The van der Waals surface area contributed by atoms with Crippen molar-refractivity contribution in [2.24, 2.45) is 13.0 Å². The van der Waals surface area contributed by atoms with Crippen LogP contribution < -0.4 is 4.72 Å². The first-order valence-electron chi connectivity index (χ1n) is 7.01. The molecule has 0 saturated carbocycles. The van der Waals surface area contributed by atoms with E-state index in [-0.39, 0.29) is 30.4 Å². The zero-order valence-corrected chi connectivity index (χ0v) is 14.4. The monoisotopic (exact) mass is 346 g/mol. The third kappa shape index (κ3) is 5.32. The molecule has 0 saturated heterocycles.